The van der Waals surface area contributed by atoms with Gasteiger partial charge in [-0.15, -0.1) is 5.10 Å². The van der Waals surface area contributed by atoms with Crippen LogP contribution < -0.4 is 0 Å². The Kier molecular flexibility index (Phi) is 3.36. The molecule has 0 unspecified atom stereocenters. The number of amides is 1. The normalized spacial score (nSPS) is 21.0. The molecule has 3 rings (SSSR count). The Morgan fingerprint density at radius 2 is 2.18 bits per heavy atom. The molecule has 1 aromatic heterocycles. The number of nitrogens with zero attached hydrogens (tertiary/aromatic N) is 4. The SMILES string of the molecule is O=C(c1cccc(-n2ccnn2)c1)N1CC[C@](F)(C(=O)O)C1. The van der Waals surface area contributed by atoms with E-state index in [0.717, 1.165) is 0 Å². The maximum Gasteiger partial charge on any atom is 0.343 e. The van der Waals surface area contributed by atoms with Gasteiger partial charge in [-0.2, -0.15) is 0 Å². The Bertz CT molecular complexity index is 719. The molecule has 0 radical (unpaired) electrons. The Hall–Kier alpha value is -2.77. The van der Waals surface area contributed by atoms with Crippen molar-refractivity contribution in [3.05, 3.63) is 42.2 Å². The summed E-state index contributed by atoms with van der Waals surface area (Å²) in [6.07, 6.45) is 2.95. The summed E-state index contributed by atoms with van der Waals surface area (Å²) in [5.41, 5.74) is -1.37. The summed E-state index contributed by atoms with van der Waals surface area (Å²) in [7, 11) is 0. The number of halogens is 1. The molecular weight excluding hydrogens is 291 g/mol. The zero-order valence-electron chi connectivity index (χ0n) is 11.5. The smallest absolute Gasteiger partial charge is 0.343 e. The predicted molar refractivity (Wildman–Crippen MR) is 73.4 cm³/mol. The molecule has 1 N–H and O–H groups in total. The number of hydrogen-bond donors (Lipinski definition) is 1. The van der Waals surface area contributed by atoms with Crippen LogP contribution in [0.2, 0.25) is 0 Å². The molecule has 114 valence electrons. The maximum atomic E-state index is 14.0. The first-order valence-electron chi connectivity index (χ1n) is 6.68. The van der Waals surface area contributed by atoms with Crippen molar-refractivity contribution in [1.29, 1.82) is 0 Å². The van der Waals surface area contributed by atoms with Crippen LogP contribution in [0.1, 0.15) is 16.8 Å². The minimum atomic E-state index is -2.36. The average molecular weight is 304 g/mol. The van der Waals surface area contributed by atoms with Gasteiger partial charge in [0.1, 0.15) is 0 Å². The number of aromatic nitrogens is 3. The van der Waals surface area contributed by atoms with Crippen molar-refractivity contribution in [2.45, 2.75) is 12.1 Å². The molecule has 7 nitrogen and oxygen atoms in total. The van der Waals surface area contributed by atoms with Crippen molar-refractivity contribution in [1.82, 2.24) is 19.9 Å². The van der Waals surface area contributed by atoms with E-state index in [-0.39, 0.29) is 13.0 Å². The second kappa shape index (κ2) is 5.21. The summed E-state index contributed by atoms with van der Waals surface area (Å²) in [5, 5.41) is 16.4. The van der Waals surface area contributed by atoms with Gasteiger partial charge in [0.25, 0.3) is 5.91 Å². The largest absolute Gasteiger partial charge is 0.479 e. The van der Waals surface area contributed by atoms with Gasteiger partial charge in [-0.25, -0.2) is 13.9 Å². The van der Waals surface area contributed by atoms with Crippen molar-refractivity contribution in [2.75, 3.05) is 13.1 Å². The van der Waals surface area contributed by atoms with E-state index < -0.39 is 24.1 Å². The Morgan fingerprint density at radius 3 is 2.82 bits per heavy atom. The molecule has 1 atom stereocenters. The van der Waals surface area contributed by atoms with Gasteiger partial charge < -0.3 is 10.0 Å². The zero-order chi connectivity index (χ0) is 15.7. The monoisotopic (exact) mass is 304 g/mol. The van der Waals surface area contributed by atoms with E-state index in [9.17, 15) is 14.0 Å². The second-order valence-corrected chi connectivity index (χ2v) is 5.15. The first-order chi connectivity index (χ1) is 10.5. The summed E-state index contributed by atoms with van der Waals surface area (Å²) in [6, 6.07) is 6.64. The van der Waals surface area contributed by atoms with Gasteiger partial charge in [0, 0.05) is 18.5 Å². The summed E-state index contributed by atoms with van der Waals surface area (Å²) in [4.78, 5) is 24.5. The van der Waals surface area contributed by atoms with E-state index in [4.69, 9.17) is 5.11 Å². The van der Waals surface area contributed by atoms with Crippen molar-refractivity contribution < 1.29 is 19.1 Å². The fraction of sp³-hybridized carbons (Fsp3) is 0.286. The van der Waals surface area contributed by atoms with Crippen molar-refractivity contribution in [3.63, 3.8) is 0 Å². The van der Waals surface area contributed by atoms with Crippen molar-refractivity contribution in [2.24, 2.45) is 0 Å². The number of alkyl halides is 1. The van der Waals surface area contributed by atoms with Crippen LogP contribution in [0.3, 0.4) is 0 Å². The molecule has 0 aliphatic carbocycles. The highest BCUT2D eigenvalue weighted by atomic mass is 19.1. The van der Waals surface area contributed by atoms with Crippen molar-refractivity contribution in [3.8, 4) is 5.69 Å². The third kappa shape index (κ3) is 2.43. The van der Waals surface area contributed by atoms with E-state index in [1.54, 1.807) is 30.5 Å². The third-order valence-electron chi connectivity index (χ3n) is 3.67. The lowest BCUT2D eigenvalue weighted by Crippen LogP contribution is -2.38. The number of carbonyl (C=O) groups excluding carboxylic acids is 1. The number of carboxylic acids is 1. The van der Waals surface area contributed by atoms with Crippen LogP contribution in [0.5, 0.6) is 0 Å². The van der Waals surface area contributed by atoms with Crippen LogP contribution in [-0.4, -0.2) is 55.6 Å². The summed E-state index contributed by atoms with van der Waals surface area (Å²) in [5.74, 6) is -1.93. The zero-order valence-corrected chi connectivity index (χ0v) is 11.5. The Morgan fingerprint density at radius 1 is 1.36 bits per heavy atom. The second-order valence-electron chi connectivity index (χ2n) is 5.15. The van der Waals surface area contributed by atoms with Gasteiger partial charge in [0.05, 0.1) is 24.6 Å². The maximum absolute atomic E-state index is 14.0. The number of rotatable bonds is 3. The first kappa shape index (κ1) is 14.2. The molecule has 0 spiro atoms. The lowest BCUT2D eigenvalue weighted by atomic mass is 10.1. The molecule has 8 heteroatoms. The molecule has 1 fully saturated rings. The van der Waals surface area contributed by atoms with Gasteiger partial charge in [0.2, 0.25) is 5.67 Å². The Balaban J connectivity index is 1.82. The van der Waals surface area contributed by atoms with Gasteiger partial charge in [0.15, 0.2) is 0 Å². The lowest BCUT2D eigenvalue weighted by Gasteiger charge is -2.18. The predicted octanol–water partition coefficient (Wildman–Crippen LogP) is 0.906. The molecule has 22 heavy (non-hydrogen) atoms. The van der Waals surface area contributed by atoms with E-state index in [0.29, 0.717) is 11.3 Å². The molecule has 1 aliphatic rings. The topological polar surface area (TPSA) is 88.3 Å². The molecule has 1 aromatic carbocycles. The number of aliphatic carboxylic acids is 1. The van der Waals surface area contributed by atoms with Gasteiger partial charge >= 0.3 is 5.97 Å². The highest BCUT2D eigenvalue weighted by Crippen LogP contribution is 2.27. The average Bonchev–Trinajstić information content (AvgIpc) is 3.17. The van der Waals surface area contributed by atoms with E-state index in [2.05, 4.69) is 10.3 Å². The van der Waals surface area contributed by atoms with Crippen LogP contribution >= 0.6 is 0 Å². The first-order valence-corrected chi connectivity index (χ1v) is 6.68. The standard InChI is InChI=1S/C14H13FN4O3/c15-14(13(21)22)4-6-18(9-14)12(20)10-2-1-3-11(8-10)19-7-5-16-17-19/h1-3,5,7-8H,4,6,9H2,(H,21,22)/t14-/m1/s1. The highest BCUT2D eigenvalue weighted by molar-refractivity contribution is 5.95. The van der Waals surface area contributed by atoms with E-state index in [1.165, 1.54) is 15.8 Å². The van der Waals surface area contributed by atoms with Crippen LogP contribution in [-0.2, 0) is 4.79 Å². The number of hydrogen-bond acceptors (Lipinski definition) is 4. The van der Waals surface area contributed by atoms with Crippen molar-refractivity contribution >= 4 is 11.9 Å². The molecule has 1 aliphatic heterocycles. The minimum absolute atomic E-state index is 0.0786. The molecule has 2 heterocycles. The summed E-state index contributed by atoms with van der Waals surface area (Å²) >= 11 is 0. The van der Waals surface area contributed by atoms with Crippen LogP contribution in [0.25, 0.3) is 5.69 Å². The molecule has 1 saturated heterocycles. The summed E-state index contributed by atoms with van der Waals surface area (Å²) in [6.45, 7) is -0.357. The third-order valence-corrected chi connectivity index (χ3v) is 3.67. The Labute approximate surface area is 125 Å². The minimum Gasteiger partial charge on any atom is -0.479 e. The van der Waals surface area contributed by atoms with E-state index in [1.807, 2.05) is 0 Å². The van der Waals surface area contributed by atoms with Gasteiger partial charge in [-0.05, 0) is 18.2 Å². The van der Waals surface area contributed by atoms with Gasteiger partial charge in [-0.1, -0.05) is 11.3 Å². The fourth-order valence-electron chi connectivity index (χ4n) is 2.43. The molecular formula is C14H13FN4O3. The summed E-state index contributed by atoms with van der Waals surface area (Å²) < 4.78 is 15.5. The van der Waals surface area contributed by atoms with Crippen LogP contribution in [0, 0.1) is 0 Å². The lowest BCUT2D eigenvalue weighted by molar-refractivity contribution is -0.149. The highest BCUT2D eigenvalue weighted by Gasteiger charge is 2.46. The number of benzene rings is 1. The molecule has 2 aromatic rings. The fourth-order valence-corrected chi connectivity index (χ4v) is 2.43. The quantitative estimate of drug-likeness (QED) is 0.910. The molecule has 0 saturated carbocycles. The number of carbonyl (C=O) groups is 2. The molecule has 1 amide bonds. The van der Waals surface area contributed by atoms with E-state index >= 15 is 0 Å². The van der Waals surface area contributed by atoms with Gasteiger partial charge in [-0.3, -0.25) is 4.79 Å². The number of likely N-dealkylation sites (tertiary alicyclic amines) is 1. The van der Waals surface area contributed by atoms with Crippen LogP contribution in [0.15, 0.2) is 36.7 Å². The number of carboxylic acid groups (broad SMARTS) is 1. The molecule has 0 bridgehead atoms. The van der Waals surface area contributed by atoms with Crippen LogP contribution in [0.4, 0.5) is 4.39 Å².